The Morgan fingerprint density at radius 3 is 2.75 bits per heavy atom. The molecule has 0 aliphatic carbocycles. The summed E-state index contributed by atoms with van der Waals surface area (Å²) in [6.45, 7) is 2.29. The number of ether oxygens (including phenoxy) is 2. The van der Waals surface area contributed by atoms with E-state index in [1.807, 2.05) is 37.3 Å². The molecular formula is C18H18NO5-. The van der Waals surface area contributed by atoms with E-state index in [0.717, 1.165) is 11.3 Å². The number of amides is 1. The average Bonchev–Trinajstić information content (AvgIpc) is 3.22. The molecule has 5 atom stereocenters. The minimum atomic E-state index is -1.22. The second-order valence-corrected chi connectivity index (χ2v) is 6.63. The molecule has 2 saturated heterocycles. The van der Waals surface area contributed by atoms with Crippen LogP contribution in [0.2, 0.25) is 0 Å². The first-order valence-electron chi connectivity index (χ1n) is 7.99. The summed E-state index contributed by atoms with van der Waals surface area (Å²) in [7, 11) is 1.60. The van der Waals surface area contributed by atoms with Crippen molar-refractivity contribution in [1.82, 2.24) is 4.90 Å². The molecule has 0 saturated carbocycles. The normalized spacial score (nSPS) is 34.5. The van der Waals surface area contributed by atoms with E-state index in [4.69, 9.17) is 9.47 Å². The average molecular weight is 328 g/mol. The molecule has 1 spiro atoms. The molecule has 2 bridgehead atoms. The van der Waals surface area contributed by atoms with E-state index in [1.54, 1.807) is 18.1 Å². The Morgan fingerprint density at radius 1 is 1.42 bits per heavy atom. The molecule has 1 amide bonds. The summed E-state index contributed by atoms with van der Waals surface area (Å²) in [6, 6.07) is 7.33. The van der Waals surface area contributed by atoms with Gasteiger partial charge in [0.05, 0.1) is 31.7 Å². The fourth-order valence-electron chi connectivity index (χ4n) is 4.19. The van der Waals surface area contributed by atoms with Crippen LogP contribution in [0.25, 0.3) is 0 Å². The van der Waals surface area contributed by atoms with E-state index in [9.17, 15) is 14.7 Å². The van der Waals surface area contributed by atoms with Gasteiger partial charge in [-0.2, -0.15) is 0 Å². The number of benzene rings is 1. The van der Waals surface area contributed by atoms with E-state index in [2.05, 4.69) is 0 Å². The van der Waals surface area contributed by atoms with Crippen molar-refractivity contribution in [2.45, 2.75) is 24.7 Å². The lowest BCUT2D eigenvalue weighted by Crippen LogP contribution is -2.45. The van der Waals surface area contributed by atoms with Gasteiger partial charge >= 0.3 is 0 Å². The maximum atomic E-state index is 12.9. The second kappa shape index (κ2) is 5.08. The Morgan fingerprint density at radius 2 is 2.12 bits per heavy atom. The van der Waals surface area contributed by atoms with Gasteiger partial charge in [-0.05, 0) is 24.6 Å². The number of rotatable bonds is 4. The Kier molecular flexibility index (Phi) is 3.22. The fraction of sp³-hybridized carbons (Fsp3) is 0.444. The van der Waals surface area contributed by atoms with Gasteiger partial charge in [0.25, 0.3) is 0 Å². The van der Waals surface area contributed by atoms with E-state index in [1.165, 1.54) is 0 Å². The maximum absolute atomic E-state index is 12.9. The number of fused-ring (bicyclic) bond motifs is 1. The van der Waals surface area contributed by atoms with E-state index < -0.39 is 29.5 Å². The van der Waals surface area contributed by atoms with Crippen LogP contribution in [-0.2, 0) is 14.3 Å². The number of carbonyl (C=O) groups is 2. The Hall–Kier alpha value is -2.34. The van der Waals surface area contributed by atoms with Gasteiger partial charge in [0.1, 0.15) is 11.4 Å². The number of carboxylic acid groups (broad SMARTS) is 1. The summed E-state index contributed by atoms with van der Waals surface area (Å²) in [4.78, 5) is 26.1. The number of aliphatic carboxylic acids is 1. The van der Waals surface area contributed by atoms with E-state index in [-0.39, 0.29) is 11.9 Å². The fourth-order valence-corrected chi connectivity index (χ4v) is 4.19. The number of likely N-dealkylation sites (tertiary alicyclic amines) is 1. The smallest absolute Gasteiger partial charge is 0.230 e. The molecule has 0 aromatic heterocycles. The minimum absolute atomic E-state index is 0.179. The zero-order valence-corrected chi connectivity index (χ0v) is 13.5. The molecule has 1 aromatic rings. The van der Waals surface area contributed by atoms with Gasteiger partial charge < -0.3 is 24.3 Å². The van der Waals surface area contributed by atoms with Crippen molar-refractivity contribution in [1.29, 1.82) is 0 Å². The molecule has 0 unspecified atom stereocenters. The SMILES string of the molecule is COc1ccc([C@H](C)N2C[C@@]34C=C[C@@H](O3)[C@@H](C(=O)[O-])[C@H]4C2=O)cc1. The topological polar surface area (TPSA) is 78.9 Å². The number of nitrogens with zero attached hydrogens (tertiary/aromatic N) is 1. The van der Waals surface area contributed by atoms with Crippen LogP contribution >= 0.6 is 0 Å². The molecule has 6 heteroatoms. The highest BCUT2D eigenvalue weighted by Gasteiger charge is 2.65. The maximum Gasteiger partial charge on any atom is 0.230 e. The molecule has 4 rings (SSSR count). The van der Waals surface area contributed by atoms with Gasteiger partial charge in [-0.1, -0.05) is 24.3 Å². The third-order valence-corrected chi connectivity index (χ3v) is 5.47. The summed E-state index contributed by atoms with van der Waals surface area (Å²) >= 11 is 0. The Labute approximate surface area is 139 Å². The molecule has 126 valence electrons. The summed E-state index contributed by atoms with van der Waals surface area (Å²) in [5.41, 5.74) is 0.136. The summed E-state index contributed by atoms with van der Waals surface area (Å²) in [6.07, 6.45) is 3.04. The second-order valence-electron chi connectivity index (χ2n) is 6.63. The van der Waals surface area contributed by atoms with Crippen LogP contribution in [0.15, 0.2) is 36.4 Å². The molecule has 3 aliphatic rings. The van der Waals surface area contributed by atoms with E-state index in [0.29, 0.717) is 6.54 Å². The molecule has 24 heavy (non-hydrogen) atoms. The molecule has 3 heterocycles. The van der Waals surface area contributed by atoms with Crippen LogP contribution in [0.1, 0.15) is 18.5 Å². The van der Waals surface area contributed by atoms with Crippen LogP contribution in [-0.4, -0.2) is 42.1 Å². The lowest BCUT2D eigenvalue weighted by Gasteiger charge is -2.28. The first-order valence-corrected chi connectivity index (χ1v) is 7.99. The molecule has 0 N–H and O–H groups in total. The predicted molar refractivity (Wildman–Crippen MR) is 81.9 cm³/mol. The quantitative estimate of drug-likeness (QED) is 0.742. The number of carbonyl (C=O) groups excluding carboxylic acids is 2. The zero-order valence-electron chi connectivity index (χ0n) is 13.5. The van der Waals surface area contributed by atoms with Gasteiger partial charge in [-0.15, -0.1) is 0 Å². The summed E-state index contributed by atoms with van der Waals surface area (Å²) in [5, 5.41) is 11.5. The number of hydrogen-bond donors (Lipinski definition) is 0. The van der Waals surface area contributed by atoms with E-state index >= 15 is 0 Å². The van der Waals surface area contributed by atoms with Gasteiger partial charge in [0.15, 0.2) is 0 Å². The highest BCUT2D eigenvalue weighted by molar-refractivity contribution is 5.90. The molecule has 0 radical (unpaired) electrons. The standard InChI is InChI=1S/C18H19NO5/c1-10(11-3-5-12(23-2)6-4-11)19-9-18-8-7-13(24-18)14(17(21)22)15(18)16(19)20/h3-8,10,13-15H,9H2,1-2H3,(H,21,22)/p-1/t10-,13+,14+,15-,18+/m0/s1. The highest BCUT2D eigenvalue weighted by Crippen LogP contribution is 2.53. The molecule has 1 aromatic carbocycles. The van der Waals surface area contributed by atoms with Crippen molar-refractivity contribution >= 4 is 11.9 Å². The first kappa shape index (κ1) is 15.2. The van der Waals surface area contributed by atoms with Crippen LogP contribution in [0.5, 0.6) is 5.75 Å². The Balaban J connectivity index is 1.63. The van der Waals surface area contributed by atoms with Crippen molar-refractivity contribution in [3.8, 4) is 5.75 Å². The van der Waals surface area contributed by atoms with Crippen molar-refractivity contribution < 1.29 is 24.2 Å². The largest absolute Gasteiger partial charge is 0.550 e. The van der Waals surface area contributed by atoms with Crippen LogP contribution in [0.3, 0.4) is 0 Å². The van der Waals surface area contributed by atoms with Gasteiger partial charge in [0.2, 0.25) is 5.91 Å². The number of hydrogen-bond acceptors (Lipinski definition) is 5. The van der Waals surface area contributed by atoms with Crippen LogP contribution in [0, 0.1) is 11.8 Å². The minimum Gasteiger partial charge on any atom is -0.550 e. The third kappa shape index (κ3) is 1.92. The third-order valence-electron chi connectivity index (χ3n) is 5.47. The monoisotopic (exact) mass is 328 g/mol. The molecule has 6 nitrogen and oxygen atoms in total. The van der Waals surface area contributed by atoms with Crippen LogP contribution < -0.4 is 9.84 Å². The van der Waals surface area contributed by atoms with Crippen LogP contribution in [0.4, 0.5) is 0 Å². The Bertz CT molecular complexity index is 727. The molecule has 2 fully saturated rings. The van der Waals surface area contributed by atoms with Crippen molar-refractivity contribution in [2.75, 3.05) is 13.7 Å². The predicted octanol–water partition coefficient (Wildman–Crippen LogP) is 0.288. The lowest BCUT2D eigenvalue weighted by molar-refractivity contribution is -0.313. The van der Waals surface area contributed by atoms with Crippen molar-refractivity contribution in [2.24, 2.45) is 11.8 Å². The lowest BCUT2D eigenvalue weighted by atomic mass is 9.77. The van der Waals surface area contributed by atoms with Gasteiger partial charge in [-0.3, -0.25) is 4.79 Å². The zero-order chi connectivity index (χ0) is 17.1. The highest BCUT2D eigenvalue weighted by atomic mass is 16.5. The molecule has 3 aliphatic heterocycles. The van der Waals surface area contributed by atoms with Crippen molar-refractivity contribution in [3.63, 3.8) is 0 Å². The van der Waals surface area contributed by atoms with Gasteiger partial charge in [0, 0.05) is 11.9 Å². The number of carboxylic acids is 1. The summed E-state index contributed by atoms with van der Waals surface area (Å²) < 4.78 is 11.0. The van der Waals surface area contributed by atoms with Gasteiger partial charge in [-0.25, -0.2) is 0 Å². The summed E-state index contributed by atoms with van der Waals surface area (Å²) in [5.74, 6) is -2.26. The molecular weight excluding hydrogens is 310 g/mol. The first-order chi connectivity index (χ1) is 11.5. The number of methoxy groups -OCH3 is 1. The van der Waals surface area contributed by atoms with Crippen molar-refractivity contribution in [3.05, 3.63) is 42.0 Å².